The molecular formula is C9H19NO2S. The number of aliphatic hydroxyl groups is 1. The van der Waals surface area contributed by atoms with Crippen LogP contribution in [0.4, 0.5) is 0 Å². The molecule has 0 aliphatic rings. The second-order valence-electron chi connectivity index (χ2n) is 3.65. The van der Waals surface area contributed by atoms with Gasteiger partial charge in [-0.25, -0.2) is 0 Å². The zero-order chi connectivity index (χ0) is 10.5. The van der Waals surface area contributed by atoms with Crippen LogP contribution in [0.3, 0.4) is 0 Å². The molecule has 0 fully saturated rings. The predicted octanol–water partition coefficient (Wildman–Crippen LogP) is 0.969. The van der Waals surface area contributed by atoms with Crippen molar-refractivity contribution in [1.82, 2.24) is 4.90 Å². The summed E-state index contributed by atoms with van der Waals surface area (Å²) in [7, 11) is 0. The number of hydrogen-bond donors (Lipinski definition) is 1. The minimum atomic E-state index is -0.802. The number of nitrogens with zero attached hydrogens (tertiary/aromatic N) is 1. The average Bonchev–Trinajstić information content (AvgIpc) is 1.99. The average molecular weight is 205 g/mol. The quantitative estimate of drug-likeness (QED) is 0.727. The van der Waals surface area contributed by atoms with E-state index in [2.05, 4.69) is 0 Å². The zero-order valence-electron chi connectivity index (χ0n) is 8.83. The van der Waals surface area contributed by atoms with Crippen molar-refractivity contribution in [3.63, 3.8) is 0 Å². The lowest BCUT2D eigenvalue weighted by molar-refractivity contribution is -0.131. The van der Waals surface area contributed by atoms with E-state index in [0.29, 0.717) is 18.8 Å². The molecule has 0 aromatic heterocycles. The second kappa shape index (κ2) is 5.50. The fraction of sp³-hybridized carbons (Fsp3) is 0.889. The molecule has 0 aliphatic carbocycles. The Morgan fingerprint density at radius 2 is 2.08 bits per heavy atom. The van der Waals surface area contributed by atoms with E-state index in [4.69, 9.17) is 0 Å². The van der Waals surface area contributed by atoms with Crippen LogP contribution in [0.5, 0.6) is 0 Å². The molecule has 78 valence electrons. The summed E-state index contributed by atoms with van der Waals surface area (Å²) >= 11 is 1.51. The van der Waals surface area contributed by atoms with Crippen molar-refractivity contribution in [3.05, 3.63) is 0 Å². The molecule has 0 saturated heterocycles. The molecule has 0 heterocycles. The van der Waals surface area contributed by atoms with E-state index in [1.165, 1.54) is 11.8 Å². The van der Waals surface area contributed by atoms with Gasteiger partial charge in [0.2, 0.25) is 5.91 Å². The van der Waals surface area contributed by atoms with Crippen LogP contribution in [0.1, 0.15) is 20.8 Å². The minimum absolute atomic E-state index is 0.0946. The molecule has 0 unspecified atom stereocenters. The third kappa shape index (κ3) is 5.93. The first-order valence-electron chi connectivity index (χ1n) is 4.39. The molecule has 0 aromatic carbocycles. The highest BCUT2D eigenvalue weighted by Gasteiger charge is 2.20. The molecule has 0 aliphatic heterocycles. The van der Waals surface area contributed by atoms with Crippen molar-refractivity contribution in [2.24, 2.45) is 0 Å². The van der Waals surface area contributed by atoms with E-state index >= 15 is 0 Å². The SMILES string of the molecule is CCN(CC(C)(C)O)C(=O)CSC. The highest BCUT2D eigenvalue weighted by Crippen LogP contribution is 2.06. The lowest BCUT2D eigenvalue weighted by Crippen LogP contribution is -2.42. The molecule has 4 heteroatoms. The van der Waals surface area contributed by atoms with Crippen LogP contribution in [-0.2, 0) is 4.79 Å². The van der Waals surface area contributed by atoms with Crippen molar-refractivity contribution in [1.29, 1.82) is 0 Å². The standard InChI is InChI=1S/C9H19NO2S/c1-5-10(7-9(2,3)12)8(11)6-13-4/h12H,5-7H2,1-4H3. The zero-order valence-corrected chi connectivity index (χ0v) is 9.65. The second-order valence-corrected chi connectivity index (χ2v) is 4.52. The Morgan fingerprint density at radius 1 is 1.54 bits per heavy atom. The van der Waals surface area contributed by atoms with Crippen LogP contribution in [0.2, 0.25) is 0 Å². The highest BCUT2D eigenvalue weighted by molar-refractivity contribution is 7.99. The van der Waals surface area contributed by atoms with Gasteiger partial charge in [-0.1, -0.05) is 0 Å². The van der Waals surface area contributed by atoms with Crippen LogP contribution < -0.4 is 0 Å². The molecule has 13 heavy (non-hydrogen) atoms. The van der Waals surface area contributed by atoms with Crippen LogP contribution in [0.25, 0.3) is 0 Å². The lowest BCUT2D eigenvalue weighted by atomic mass is 10.1. The van der Waals surface area contributed by atoms with Gasteiger partial charge in [0, 0.05) is 13.1 Å². The normalized spacial score (nSPS) is 11.5. The molecule has 3 nitrogen and oxygen atoms in total. The van der Waals surface area contributed by atoms with Crippen molar-refractivity contribution < 1.29 is 9.90 Å². The lowest BCUT2D eigenvalue weighted by Gasteiger charge is -2.27. The summed E-state index contributed by atoms with van der Waals surface area (Å²) in [5.41, 5.74) is -0.802. The summed E-state index contributed by atoms with van der Waals surface area (Å²) in [6, 6.07) is 0. The molecular weight excluding hydrogens is 186 g/mol. The summed E-state index contributed by atoms with van der Waals surface area (Å²) < 4.78 is 0. The van der Waals surface area contributed by atoms with Crippen LogP contribution in [0, 0.1) is 0 Å². The van der Waals surface area contributed by atoms with E-state index in [1.54, 1.807) is 18.7 Å². The number of carbonyl (C=O) groups excluding carboxylic acids is 1. The summed E-state index contributed by atoms with van der Waals surface area (Å²) in [5.74, 6) is 0.585. The van der Waals surface area contributed by atoms with Crippen molar-refractivity contribution in [3.8, 4) is 0 Å². The van der Waals surface area contributed by atoms with Gasteiger partial charge in [-0.05, 0) is 27.0 Å². The Hall–Kier alpha value is -0.220. The van der Waals surface area contributed by atoms with Crippen LogP contribution >= 0.6 is 11.8 Å². The summed E-state index contributed by atoms with van der Waals surface area (Å²) in [6.45, 7) is 6.40. The number of carbonyl (C=O) groups is 1. The number of hydrogen-bond acceptors (Lipinski definition) is 3. The van der Waals surface area contributed by atoms with Gasteiger partial charge < -0.3 is 10.0 Å². The molecule has 0 radical (unpaired) electrons. The summed E-state index contributed by atoms with van der Waals surface area (Å²) in [6.07, 6.45) is 1.90. The monoisotopic (exact) mass is 205 g/mol. The van der Waals surface area contributed by atoms with Crippen LogP contribution in [-0.4, -0.2) is 46.6 Å². The maximum Gasteiger partial charge on any atom is 0.232 e. The first kappa shape index (κ1) is 12.8. The summed E-state index contributed by atoms with van der Waals surface area (Å²) in [4.78, 5) is 13.1. The van der Waals surface area contributed by atoms with Gasteiger partial charge in [-0.15, -0.1) is 0 Å². The van der Waals surface area contributed by atoms with Gasteiger partial charge in [-0.2, -0.15) is 11.8 Å². The van der Waals surface area contributed by atoms with Gasteiger partial charge in [0.25, 0.3) is 0 Å². The molecule has 0 aromatic rings. The Morgan fingerprint density at radius 3 is 2.38 bits per heavy atom. The Balaban J connectivity index is 4.10. The predicted molar refractivity (Wildman–Crippen MR) is 56.9 cm³/mol. The van der Waals surface area contributed by atoms with Crippen molar-refractivity contribution >= 4 is 17.7 Å². The third-order valence-corrected chi connectivity index (χ3v) is 2.12. The fourth-order valence-electron chi connectivity index (χ4n) is 1.06. The van der Waals surface area contributed by atoms with E-state index in [0.717, 1.165) is 0 Å². The Kier molecular flexibility index (Phi) is 5.40. The van der Waals surface area contributed by atoms with Gasteiger partial charge >= 0.3 is 0 Å². The maximum atomic E-state index is 11.4. The van der Waals surface area contributed by atoms with Gasteiger partial charge in [-0.3, -0.25) is 4.79 Å². The molecule has 0 spiro atoms. The molecule has 1 amide bonds. The number of rotatable bonds is 5. The number of amides is 1. The Bertz CT molecular complexity index is 165. The fourth-order valence-corrected chi connectivity index (χ4v) is 1.49. The van der Waals surface area contributed by atoms with Gasteiger partial charge in [0.05, 0.1) is 11.4 Å². The van der Waals surface area contributed by atoms with E-state index < -0.39 is 5.60 Å². The third-order valence-electron chi connectivity index (χ3n) is 1.58. The first-order valence-corrected chi connectivity index (χ1v) is 5.79. The smallest absolute Gasteiger partial charge is 0.232 e. The number of thioether (sulfide) groups is 1. The van der Waals surface area contributed by atoms with Gasteiger partial charge in [0.15, 0.2) is 0 Å². The molecule has 0 bridgehead atoms. The van der Waals surface area contributed by atoms with E-state index in [1.807, 2.05) is 13.2 Å². The molecule has 1 N–H and O–H groups in total. The molecule has 0 saturated carbocycles. The molecule has 0 rings (SSSR count). The van der Waals surface area contributed by atoms with Crippen molar-refractivity contribution in [2.75, 3.05) is 25.1 Å². The summed E-state index contributed by atoms with van der Waals surface area (Å²) in [5, 5.41) is 9.54. The highest BCUT2D eigenvalue weighted by atomic mass is 32.2. The minimum Gasteiger partial charge on any atom is -0.389 e. The Labute approximate surface area is 84.5 Å². The first-order chi connectivity index (χ1) is 5.90. The van der Waals surface area contributed by atoms with E-state index in [9.17, 15) is 9.90 Å². The largest absolute Gasteiger partial charge is 0.389 e. The topological polar surface area (TPSA) is 40.5 Å². The van der Waals surface area contributed by atoms with E-state index in [-0.39, 0.29) is 5.91 Å². The van der Waals surface area contributed by atoms with Gasteiger partial charge in [0.1, 0.15) is 0 Å². The maximum absolute atomic E-state index is 11.4. The van der Waals surface area contributed by atoms with Crippen LogP contribution in [0.15, 0.2) is 0 Å². The van der Waals surface area contributed by atoms with Crippen molar-refractivity contribution in [2.45, 2.75) is 26.4 Å². The number of likely N-dealkylation sites (N-methyl/N-ethyl adjacent to an activating group) is 1. The molecule has 0 atom stereocenters.